The minimum atomic E-state index is -0.153. The minimum Gasteiger partial charge on any atom is -0.345 e. The van der Waals surface area contributed by atoms with Crippen LogP contribution in [0.4, 0.5) is 0 Å². The van der Waals surface area contributed by atoms with Gasteiger partial charge in [-0.15, -0.1) is 21.5 Å². The number of hydrogen-bond donors (Lipinski definition) is 2. The fourth-order valence-corrected chi connectivity index (χ4v) is 2.14. The molecule has 6 nitrogen and oxygen atoms in total. The molecule has 0 saturated carbocycles. The molecule has 0 unspecified atom stereocenters. The van der Waals surface area contributed by atoms with Crippen LogP contribution in [0.2, 0.25) is 0 Å². The number of rotatable bonds is 3. The lowest BCUT2D eigenvalue weighted by molar-refractivity contribution is 0.0950. The van der Waals surface area contributed by atoms with Gasteiger partial charge in [0.25, 0.3) is 5.91 Å². The second-order valence-electron chi connectivity index (χ2n) is 3.75. The molecule has 0 aliphatic rings. The second-order valence-corrected chi connectivity index (χ2v) is 4.66. The zero-order chi connectivity index (χ0) is 13.7. The highest BCUT2D eigenvalue weighted by atomic mass is 32.1. The first kappa shape index (κ1) is 13.3. The summed E-state index contributed by atoms with van der Waals surface area (Å²) in [5.74, 6) is 6.20. The number of aryl methyl sites for hydroxylation is 1. The van der Waals surface area contributed by atoms with Gasteiger partial charge >= 0.3 is 0 Å². The van der Waals surface area contributed by atoms with Gasteiger partial charge in [0.15, 0.2) is 5.82 Å². The van der Waals surface area contributed by atoms with E-state index in [1.54, 1.807) is 22.3 Å². The Labute approximate surface area is 114 Å². The Morgan fingerprint density at radius 2 is 2.47 bits per heavy atom. The molecule has 0 bridgehead atoms. The van der Waals surface area contributed by atoms with E-state index in [2.05, 4.69) is 27.4 Å². The largest absolute Gasteiger partial charge is 0.345 e. The van der Waals surface area contributed by atoms with Gasteiger partial charge in [-0.3, -0.25) is 4.79 Å². The van der Waals surface area contributed by atoms with Crippen molar-refractivity contribution in [3.05, 3.63) is 34.0 Å². The number of hydrogen-bond acceptors (Lipinski definition) is 5. The molecular formula is C12H13N5OS. The molecule has 2 rings (SSSR count). The van der Waals surface area contributed by atoms with Gasteiger partial charge < -0.3 is 15.6 Å². The van der Waals surface area contributed by atoms with E-state index in [1.165, 1.54) is 11.3 Å². The van der Waals surface area contributed by atoms with Gasteiger partial charge in [-0.1, -0.05) is 11.8 Å². The first-order valence-electron chi connectivity index (χ1n) is 5.59. The predicted octanol–water partition coefficient (Wildman–Crippen LogP) is 0.117. The van der Waals surface area contributed by atoms with Crippen LogP contribution in [0, 0.1) is 11.8 Å². The van der Waals surface area contributed by atoms with Crippen LogP contribution >= 0.6 is 11.3 Å². The number of carbonyl (C=O) groups excluding carboxylic acids is 1. The van der Waals surface area contributed by atoms with E-state index in [9.17, 15) is 4.79 Å². The van der Waals surface area contributed by atoms with Crippen molar-refractivity contribution in [1.29, 1.82) is 0 Å². The average Bonchev–Trinajstić information content (AvgIpc) is 3.03. The zero-order valence-corrected chi connectivity index (χ0v) is 11.2. The van der Waals surface area contributed by atoms with Crippen LogP contribution in [-0.4, -0.2) is 27.2 Å². The van der Waals surface area contributed by atoms with Gasteiger partial charge in [-0.2, -0.15) is 0 Å². The number of carbonyl (C=O) groups is 1. The molecule has 7 heteroatoms. The SMILES string of the molecule is Cn1cnnc1CNC(=O)c1csc(C#CCN)c1. The molecule has 0 aromatic carbocycles. The fourth-order valence-electron chi connectivity index (χ4n) is 1.39. The highest BCUT2D eigenvalue weighted by Gasteiger charge is 2.09. The van der Waals surface area contributed by atoms with Crippen LogP contribution < -0.4 is 11.1 Å². The number of thiophene rings is 1. The quantitative estimate of drug-likeness (QED) is 0.779. The maximum Gasteiger partial charge on any atom is 0.252 e. The van der Waals surface area contributed by atoms with Crippen LogP contribution in [-0.2, 0) is 13.6 Å². The van der Waals surface area contributed by atoms with Gasteiger partial charge in [-0.05, 0) is 6.07 Å². The minimum absolute atomic E-state index is 0.153. The van der Waals surface area contributed by atoms with Crippen molar-refractivity contribution >= 4 is 17.2 Å². The molecule has 0 radical (unpaired) electrons. The molecule has 0 fully saturated rings. The third kappa shape index (κ3) is 3.40. The van der Waals surface area contributed by atoms with E-state index in [4.69, 9.17) is 5.73 Å². The van der Waals surface area contributed by atoms with Crippen molar-refractivity contribution < 1.29 is 4.79 Å². The van der Waals surface area contributed by atoms with Crippen LogP contribution in [0.1, 0.15) is 21.1 Å². The predicted molar refractivity (Wildman–Crippen MR) is 72.4 cm³/mol. The van der Waals surface area contributed by atoms with Gasteiger partial charge in [-0.25, -0.2) is 0 Å². The lowest BCUT2D eigenvalue weighted by atomic mass is 10.3. The summed E-state index contributed by atoms with van der Waals surface area (Å²) < 4.78 is 1.76. The van der Waals surface area contributed by atoms with Gasteiger partial charge in [0, 0.05) is 12.4 Å². The first-order chi connectivity index (χ1) is 9.20. The Balaban J connectivity index is 1.96. The number of nitrogens with zero attached hydrogens (tertiary/aromatic N) is 3. The van der Waals surface area contributed by atoms with Crippen LogP contribution in [0.25, 0.3) is 0 Å². The van der Waals surface area contributed by atoms with Crippen molar-refractivity contribution in [2.24, 2.45) is 12.8 Å². The lowest BCUT2D eigenvalue weighted by Gasteiger charge is -2.02. The highest BCUT2D eigenvalue weighted by molar-refractivity contribution is 7.10. The molecular weight excluding hydrogens is 262 g/mol. The maximum atomic E-state index is 11.9. The van der Waals surface area contributed by atoms with E-state index in [0.717, 1.165) is 4.88 Å². The molecule has 2 aromatic rings. The molecule has 0 saturated heterocycles. The summed E-state index contributed by atoms with van der Waals surface area (Å²) in [7, 11) is 1.83. The summed E-state index contributed by atoms with van der Waals surface area (Å²) in [6.45, 7) is 0.653. The Kier molecular flexibility index (Phi) is 4.28. The number of amides is 1. The molecule has 98 valence electrons. The third-order valence-corrected chi connectivity index (χ3v) is 3.23. The van der Waals surface area contributed by atoms with E-state index in [0.29, 0.717) is 24.5 Å². The van der Waals surface area contributed by atoms with Gasteiger partial charge in [0.1, 0.15) is 6.33 Å². The Morgan fingerprint density at radius 1 is 1.63 bits per heavy atom. The monoisotopic (exact) mass is 275 g/mol. The summed E-state index contributed by atoms with van der Waals surface area (Å²) in [6, 6.07) is 1.75. The molecule has 0 spiro atoms. The maximum absolute atomic E-state index is 11.9. The van der Waals surface area contributed by atoms with Crippen molar-refractivity contribution in [3.8, 4) is 11.8 Å². The molecule has 0 aliphatic heterocycles. The highest BCUT2D eigenvalue weighted by Crippen LogP contribution is 2.13. The second kappa shape index (κ2) is 6.13. The third-order valence-electron chi connectivity index (χ3n) is 2.39. The summed E-state index contributed by atoms with van der Waals surface area (Å²) in [5.41, 5.74) is 5.89. The molecule has 0 aliphatic carbocycles. The van der Waals surface area contributed by atoms with E-state index >= 15 is 0 Å². The zero-order valence-electron chi connectivity index (χ0n) is 10.4. The molecule has 0 atom stereocenters. The number of nitrogens with one attached hydrogen (secondary N) is 1. The fraction of sp³-hybridized carbons (Fsp3) is 0.250. The van der Waals surface area contributed by atoms with Crippen LogP contribution in [0.3, 0.4) is 0 Å². The lowest BCUT2D eigenvalue weighted by Crippen LogP contribution is -2.23. The molecule has 2 aromatic heterocycles. The van der Waals surface area contributed by atoms with Crippen LogP contribution in [0.15, 0.2) is 17.8 Å². The van der Waals surface area contributed by atoms with E-state index in [-0.39, 0.29) is 5.91 Å². The Morgan fingerprint density at radius 3 is 3.16 bits per heavy atom. The van der Waals surface area contributed by atoms with Crippen molar-refractivity contribution in [2.45, 2.75) is 6.54 Å². The van der Waals surface area contributed by atoms with Gasteiger partial charge in [0.2, 0.25) is 0 Å². The summed E-state index contributed by atoms with van der Waals surface area (Å²) >= 11 is 1.42. The number of nitrogens with two attached hydrogens (primary N) is 1. The number of aromatic nitrogens is 3. The van der Waals surface area contributed by atoms with Crippen molar-refractivity contribution in [2.75, 3.05) is 6.54 Å². The smallest absolute Gasteiger partial charge is 0.252 e. The van der Waals surface area contributed by atoms with E-state index < -0.39 is 0 Å². The molecule has 19 heavy (non-hydrogen) atoms. The first-order valence-corrected chi connectivity index (χ1v) is 6.47. The Hall–Kier alpha value is -2.17. The standard InChI is InChI=1S/C12H13N5OS/c1-17-8-15-16-11(17)6-14-12(18)9-5-10(19-7-9)3-2-4-13/h5,7-8H,4,6,13H2,1H3,(H,14,18). The molecule has 1 amide bonds. The summed E-state index contributed by atoms with van der Waals surface area (Å²) in [4.78, 5) is 12.7. The van der Waals surface area contributed by atoms with E-state index in [1.807, 2.05) is 7.05 Å². The molecule has 3 N–H and O–H groups in total. The Bertz CT molecular complexity index is 634. The average molecular weight is 275 g/mol. The van der Waals surface area contributed by atoms with Crippen LogP contribution in [0.5, 0.6) is 0 Å². The van der Waals surface area contributed by atoms with Crippen molar-refractivity contribution in [3.63, 3.8) is 0 Å². The normalized spacial score (nSPS) is 9.79. The molecule has 2 heterocycles. The van der Waals surface area contributed by atoms with Crippen molar-refractivity contribution in [1.82, 2.24) is 20.1 Å². The summed E-state index contributed by atoms with van der Waals surface area (Å²) in [6.07, 6.45) is 1.59. The summed E-state index contributed by atoms with van der Waals surface area (Å²) in [5, 5.41) is 12.2. The van der Waals surface area contributed by atoms with Gasteiger partial charge in [0.05, 0.1) is 23.5 Å². The topological polar surface area (TPSA) is 85.8 Å².